The van der Waals surface area contributed by atoms with Crippen LogP contribution in [0.5, 0.6) is 0 Å². The largest absolute Gasteiger partial charge is 0.387 e. The molecular formula is C6H11N5O2S. The lowest BCUT2D eigenvalue weighted by Crippen LogP contribution is -2.33. The molecule has 0 aliphatic carbocycles. The molecule has 78 valence electrons. The Labute approximate surface area is 81.5 Å². The predicted molar refractivity (Wildman–Crippen MR) is 50.3 cm³/mol. The van der Waals surface area contributed by atoms with E-state index in [1.165, 1.54) is 24.0 Å². The highest BCUT2D eigenvalue weighted by atomic mass is 32.2. The van der Waals surface area contributed by atoms with Crippen LogP contribution < -0.4 is 10.5 Å². The summed E-state index contributed by atoms with van der Waals surface area (Å²) < 4.78 is 26.4. The summed E-state index contributed by atoms with van der Waals surface area (Å²) in [6.45, 7) is -0.201. The zero-order chi connectivity index (χ0) is 10.8. The van der Waals surface area contributed by atoms with Crippen molar-refractivity contribution in [3.63, 3.8) is 0 Å². The number of nitrogens with zero attached hydrogens (tertiary/aromatic N) is 2. The number of hydrogen-bond donors (Lipinski definition) is 3. The van der Waals surface area contributed by atoms with Crippen molar-refractivity contribution < 1.29 is 8.42 Å². The molecule has 0 radical (unpaired) electrons. The second-order valence-electron chi connectivity index (χ2n) is 2.64. The minimum Gasteiger partial charge on any atom is -0.387 e. The maximum atomic E-state index is 11.5. The first-order valence-corrected chi connectivity index (χ1v) is 5.22. The molecule has 0 saturated carbocycles. The molecule has 1 rings (SSSR count). The van der Waals surface area contributed by atoms with Gasteiger partial charge in [-0.3, -0.25) is 10.1 Å². The van der Waals surface area contributed by atoms with Crippen molar-refractivity contribution in [3.05, 3.63) is 12.3 Å². The van der Waals surface area contributed by atoms with Crippen LogP contribution in [0.3, 0.4) is 0 Å². The topological polar surface area (TPSA) is 114 Å². The highest BCUT2D eigenvalue weighted by Crippen LogP contribution is 2.04. The molecule has 0 aliphatic heterocycles. The van der Waals surface area contributed by atoms with Gasteiger partial charge in [0.25, 0.3) is 10.0 Å². The minimum atomic E-state index is -3.61. The minimum absolute atomic E-state index is 0.0405. The third-order valence-electron chi connectivity index (χ3n) is 1.50. The quantitative estimate of drug-likeness (QED) is 0.426. The van der Waals surface area contributed by atoms with Crippen LogP contribution in [0.2, 0.25) is 0 Å². The fourth-order valence-corrected chi connectivity index (χ4v) is 2.00. The van der Waals surface area contributed by atoms with Gasteiger partial charge in [-0.15, -0.1) is 0 Å². The summed E-state index contributed by atoms with van der Waals surface area (Å²) in [6.07, 6.45) is 1.38. The Kier molecular flexibility index (Phi) is 2.87. The first-order chi connectivity index (χ1) is 6.43. The normalized spacial score (nSPS) is 11.5. The highest BCUT2D eigenvalue weighted by Gasteiger charge is 2.17. The third kappa shape index (κ3) is 2.30. The third-order valence-corrected chi connectivity index (χ3v) is 2.98. The van der Waals surface area contributed by atoms with Gasteiger partial charge in [0, 0.05) is 7.05 Å². The van der Waals surface area contributed by atoms with Gasteiger partial charge in [0.2, 0.25) is 0 Å². The van der Waals surface area contributed by atoms with Crippen molar-refractivity contribution in [2.45, 2.75) is 5.03 Å². The average Bonchev–Trinajstić information content (AvgIpc) is 2.48. The summed E-state index contributed by atoms with van der Waals surface area (Å²) in [7, 11) is -2.10. The van der Waals surface area contributed by atoms with Crippen LogP contribution in [-0.4, -0.2) is 30.6 Å². The van der Waals surface area contributed by atoms with Gasteiger partial charge in [-0.05, 0) is 6.07 Å². The molecule has 4 N–H and O–H groups in total. The molecule has 14 heavy (non-hydrogen) atoms. The van der Waals surface area contributed by atoms with E-state index in [4.69, 9.17) is 11.1 Å². The molecule has 0 saturated heterocycles. The van der Waals surface area contributed by atoms with Gasteiger partial charge in [0.15, 0.2) is 5.03 Å². The number of aryl methyl sites for hydroxylation is 1. The molecule has 0 bridgehead atoms. The number of nitrogens with two attached hydrogens (primary N) is 1. The molecule has 1 aromatic heterocycles. The molecule has 0 aromatic carbocycles. The summed E-state index contributed by atoms with van der Waals surface area (Å²) in [6, 6.07) is 1.36. The first kappa shape index (κ1) is 10.7. The molecule has 1 heterocycles. The molecule has 0 aliphatic rings. The van der Waals surface area contributed by atoms with Crippen LogP contribution in [0.15, 0.2) is 17.3 Å². The van der Waals surface area contributed by atoms with Crippen molar-refractivity contribution >= 4 is 15.9 Å². The van der Waals surface area contributed by atoms with Gasteiger partial charge in [-0.1, -0.05) is 0 Å². The van der Waals surface area contributed by atoms with Crippen LogP contribution in [0.25, 0.3) is 0 Å². The Hall–Kier alpha value is -1.41. The number of aromatic nitrogens is 2. The molecule has 1 aromatic rings. The summed E-state index contributed by atoms with van der Waals surface area (Å²) >= 11 is 0. The van der Waals surface area contributed by atoms with Gasteiger partial charge < -0.3 is 5.73 Å². The molecule has 0 unspecified atom stereocenters. The molecular weight excluding hydrogens is 206 g/mol. The monoisotopic (exact) mass is 217 g/mol. The van der Waals surface area contributed by atoms with Crippen LogP contribution in [0, 0.1) is 5.41 Å². The number of nitrogens with one attached hydrogen (secondary N) is 2. The lowest BCUT2D eigenvalue weighted by Gasteiger charge is -2.05. The van der Waals surface area contributed by atoms with Crippen molar-refractivity contribution in [3.8, 4) is 0 Å². The van der Waals surface area contributed by atoms with Crippen LogP contribution >= 0.6 is 0 Å². The summed E-state index contributed by atoms with van der Waals surface area (Å²) in [5.41, 5.74) is 5.02. The smallest absolute Gasteiger partial charge is 0.258 e. The molecule has 0 fully saturated rings. The van der Waals surface area contributed by atoms with Crippen LogP contribution in [-0.2, 0) is 17.1 Å². The van der Waals surface area contributed by atoms with E-state index in [-0.39, 0.29) is 17.4 Å². The van der Waals surface area contributed by atoms with Gasteiger partial charge in [0.05, 0.1) is 12.7 Å². The summed E-state index contributed by atoms with van der Waals surface area (Å²) in [5.74, 6) is -0.240. The zero-order valence-electron chi connectivity index (χ0n) is 7.56. The van der Waals surface area contributed by atoms with Crippen molar-refractivity contribution in [1.29, 1.82) is 5.41 Å². The fraction of sp³-hybridized carbons (Fsp3) is 0.333. The van der Waals surface area contributed by atoms with Gasteiger partial charge in [0.1, 0.15) is 5.84 Å². The highest BCUT2D eigenvalue weighted by molar-refractivity contribution is 7.89. The SMILES string of the molecule is Cn1nccc1S(=O)(=O)NCC(=N)N. The number of hydrogen-bond acceptors (Lipinski definition) is 4. The lowest BCUT2D eigenvalue weighted by atomic mass is 10.6. The van der Waals surface area contributed by atoms with E-state index in [0.717, 1.165) is 0 Å². The summed E-state index contributed by atoms with van der Waals surface area (Å²) in [4.78, 5) is 0. The Morgan fingerprint density at radius 2 is 2.43 bits per heavy atom. The van der Waals surface area contributed by atoms with Crippen LogP contribution in [0.4, 0.5) is 0 Å². The van der Waals surface area contributed by atoms with Crippen molar-refractivity contribution in [1.82, 2.24) is 14.5 Å². The van der Waals surface area contributed by atoms with E-state index in [2.05, 4.69) is 9.82 Å². The zero-order valence-corrected chi connectivity index (χ0v) is 8.37. The Bertz CT molecular complexity index is 435. The predicted octanol–water partition coefficient (Wildman–Crippen LogP) is -1.37. The van der Waals surface area contributed by atoms with E-state index >= 15 is 0 Å². The van der Waals surface area contributed by atoms with Gasteiger partial charge >= 0.3 is 0 Å². The molecule has 0 amide bonds. The first-order valence-electron chi connectivity index (χ1n) is 3.74. The maximum Gasteiger partial charge on any atom is 0.258 e. The second-order valence-corrected chi connectivity index (χ2v) is 4.36. The Morgan fingerprint density at radius 1 is 1.79 bits per heavy atom. The fourth-order valence-electron chi connectivity index (χ4n) is 0.872. The number of sulfonamides is 1. The molecule has 0 spiro atoms. The molecule has 8 heteroatoms. The van der Waals surface area contributed by atoms with Crippen molar-refractivity contribution in [2.24, 2.45) is 12.8 Å². The van der Waals surface area contributed by atoms with E-state index in [9.17, 15) is 8.42 Å². The Balaban J connectivity index is 2.87. The molecule has 7 nitrogen and oxygen atoms in total. The average molecular weight is 217 g/mol. The van der Waals surface area contributed by atoms with E-state index in [0.29, 0.717) is 0 Å². The van der Waals surface area contributed by atoms with Crippen LogP contribution in [0.1, 0.15) is 0 Å². The van der Waals surface area contributed by atoms with Crippen molar-refractivity contribution in [2.75, 3.05) is 6.54 Å². The standard InChI is InChI=1S/C6H11N5O2S/c1-11-6(2-3-9-11)14(12,13)10-4-5(7)8/h2-3,10H,4H2,1H3,(H3,7,8). The van der Waals surface area contributed by atoms with E-state index in [1.54, 1.807) is 0 Å². The second kappa shape index (κ2) is 3.76. The van der Waals surface area contributed by atoms with Gasteiger partial charge in [-0.2, -0.15) is 5.10 Å². The number of amidine groups is 1. The molecule has 0 atom stereocenters. The number of rotatable bonds is 4. The van der Waals surface area contributed by atoms with E-state index in [1.807, 2.05) is 0 Å². The summed E-state index contributed by atoms with van der Waals surface area (Å²) in [5, 5.41) is 10.6. The Morgan fingerprint density at radius 3 is 2.86 bits per heavy atom. The van der Waals surface area contributed by atoms with E-state index < -0.39 is 10.0 Å². The lowest BCUT2D eigenvalue weighted by molar-refractivity contribution is 0.567. The van der Waals surface area contributed by atoms with Gasteiger partial charge in [-0.25, -0.2) is 13.1 Å². The maximum absolute atomic E-state index is 11.5.